The van der Waals surface area contributed by atoms with Gasteiger partial charge in [0.25, 0.3) is 0 Å². The van der Waals surface area contributed by atoms with Crippen LogP contribution < -0.4 is 5.32 Å². The first-order valence-electron chi connectivity index (χ1n) is 7.51. The summed E-state index contributed by atoms with van der Waals surface area (Å²) in [5.41, 5.74) is 1.36. The highest BCUT2D eigenvalue weighted by Gasteiger charge is 2.20. The molecule has 1 aromatic rings. The highest BCUT2D eigenvalue weighted by atomic mass is 79.9. The number of hydrogen-bond donors (Lipinski definition) is 1. The Morgan fingerprint density at radius 3 is 3.05 bits per heavy atom. The first-order valence-corrected chi connectivity index (χ1v) is 8.30. The van der Waals surface area contributed by atoms with Gasteiger partial charge in [0.15, 0.2) is 0 Å². The quantitative estimate of drug-likeness (QED) is 0.860. The van der Waals surface area contributed by atoms with Crippen molar-refractivity contribution in [1.82, 2.24) is 10.2 Å². The molecule has 0 aliphatic carbocycles. The van der Waals surface area contributed by atoms with Gasteiger partial charge >= 0.3 is 0 Å². The van der Waals surface area contributed by atoms with E-state index in [2.05, 4.69) is 64.3 Å². The van der Waals surface area contributed by atoms with E-state index in [0.717, 1.165) is 43.7 Å². The highest BCUT2D eigenvalue weighted by Crippen LogP contribution is 2.22. The predicted molar refractivity (Wildman–Crippen MR) is 87.0 cm³/mol. The van der Waals surface area contributed by atoms with Crippen LogP contribution >= 0.6 is 15.9 Å². The number of morpholine rings is 1. The second kappa shape index (κ2) is 8.13. The Bertz CT molecular complexity index is 413. The molecule has 0 radical (unpaired) electrons. The second-order valence-electron chi connectivity index (χ2n) is 5.41. The average Bonchev–Trinajstić information content (AvgIpc) is 2.45. The number of rotatable bonds is 6. The number of ether oxygens (including phenoxy) is 1. The fraction of sp³-hybridized carbons (Fsp3) is 0.625. The van der Waals surface area contributed by atoms with Crippen molar-refractivity contribution in [1.29, 1.82) is 0 Å². The molecule has 0 saturated carbocycles. The zero-order valence-electron chi connectivity index (χ0n) is 12.4. The molecule has 3 nitrogen and oxygen atoms in total. The summed E-state index contributed by atoms with van der Waals surface area (Å²) < 4.78 is 6.65. The van der Waals surface area contributed by atoms with Crippen LogP contribution in [0.4, 0.5) is 0 Å². The van der Waals surface area contributed by atoms with Crippen LogP contribution in [0.5, 0.6) is 0 Å². The second-order valence-corrected chi connectivity index (χ2v) is 6.33. The molecule has 1 aliphatic heterocycles. The van der Waals surface area contributed by atoms with E-state index in [1.807, 2.05) is 0 Å². The summed E-state index contributed by atoms with van der Waals surface area (Å²) in [5.74, 6) is 0. The Morgan fingerprint density at radius 1 is 1.50 bits per heavy atom. The third-order valence-corrected chi connectivity index (χ3v) is 4.41. The molecule has 1 aromatic carbocycles. The average molecular weight is 341 g/mol. The van der Waals surface area contributed by atoms with Gasteiger partial charge < -0.3 is 10.1 Å². The topological polar surface area (TPSA) is 24.5 Å². The zero-order chi connectivity index (χ0) is 14.4. The molecule has 1 heterocycles. The van der Waals surface area contributed by atoms with E-state index < -0.39 is 0 Å². The largest absolute Gasteiger partial charge is 0.379 e. The van der Waals surface area contributed by atoms with Crippen LogP contribution in [-0.2, 0) is 4.74 Å². The maximum Gasteiger partial charge on any atom is 0.0619 e. The first-order chi connectivity index (χ1) is 9.70. The summed E-state index contributed by atoms with van der Waals surface area (Å²) in [6.45, 7) is 9.32. The lowest BCUT2D eigenvalue weighted by Gasteiger charge is -2.34. The molecule has 1 fully saturated rings. The first kappa shape index (κ1) is 16.0. The lowest BCUT2D eigenvalue weighted by atomic mass is 10.0. The molecule has 0 spiro atoms. The van der Waals surface area contributed by atoms with Crippen molar-refractivity contribution >= 4 is 15.9 Å². The number of hydrogen-bond acceptors (Lipinski definition) is 3. The van der Waals surface area contributed by atoms with E-state index in [9.17, 15) is 0 Å². The van der Waals surface area contributed by atoms with Gasteiger partial charge in [-0.25, -0.2) is 0 Å². The summed E-state index contributed by atoms with van der Waals surface area (Å²) in [6, 6.07) is 9.58. The van der Waals surface area contributed by atoms with Gasteiger partial charge in [0.2, 0.25) is 0 Å². The van der Waals surface area contributed by atoms with Crippen LogP contribution in [0.25, 0.3) is 0 Å². The van der Waals surface area contributed by atoms with Gasteiger partial charge in [0.05, 0.1) is 13.2 Å². The minimum absolute atomic E-state index is 0.424. The maximum absolute atomic E-state index is 5.50. The normalized spacial score (nSPS) is 21.9. The van der Waals surface area contributed by atoms with Gasteiger partial charge in [0, 0.05) is 29.6 Å². The van der Waals surface area contributed by atoms with E-state index in [4.69, 9.17) is 4.74 Å². The minimum atomic E-state index is 0.424. The third kappa shape index (κ3) is 4.55. The molecule has 0 aromatic heterocycles. The molecule has 112 valence electrons. The summed E-state index contributed by atoms with van der Waals surface area (Å²) in [5, 5.41) is 3.60. The standard InChI is InChI=1S/C16H25BrN2O/c1-3-18-16(14-5-4-6-15(17)11-14)7-8-19-9-10-20-12-13(19)2/h4-6,11,13,16,18H,3,7-10,12H2,1-2H3. The molecule has 1 aliphatic rings. The van der Waals surface area contributed by atoms with Crippen molar-refractivity contribution in [3.63, 3.8) is 0 Å². The van der Waals surface area contributed by atoms with E-state index in [0.29, 0.717) is 12.1 Å². The fourth-order valence-corrected chi connectivity index (χ4v) is 3.16. The summed E-state index contributed by atoms with van der Waals surface area (Å²) in [7, 11) is 0. The molecule has 0 amide bonds. The van der Waals surface area contributed by atoms with Crippen molar-refractivity contribution in [2.45, 2.75) is 32.4 Å². The predicted octanol–water partition coefficient (Wildman–Crippen LogP) is 3.21. The number of benzene rings is 1. The van der Waals surface area contributed by atoms with Crippen LogP contribution in [-0.4, -0.2) is 43.8 Å². The van der Waals surface area contributed by atoms with E-state index in [1.54, 1.807) is 0 Å². The van der Waals surface area contributed by atoms with Crippen molar-refractivity contribution < 1.29 is 4.74 Å². The van der Waals surface area contributed by atoms with Gasteiger partial charge in [-0.2, -0.15) is 0 Å². The van der Waals surface area contributed by atoms with Crippen LogP contribution in [0.1, 0.15) is 31.9 Å². The van der Waals surface area contributed by atoms with Gasteiger partial charge in [-0.15, -0.1) is 0 Å². The molecular formula is C16H25BrN2O. The van der Waals surface area contributed by atoms with E-state index >= 15 is 0 Å². The fourth-order valence-electron chi connectivity index (χ4n) is 2.74. The lowest BCUT2D eigenvalue weighted by Crippen LogP contribution is -2.44. The molecule has 1 saturated heterocycles. The third-order valence-electron chi connectivity index (χ3n) is 3.91. The monoisotopic (exact) mass is 340 g/mol. The highest BCUT2D eigenvalue weighted by molar-refractivity contribution is 9.10. The SMILES string of the molecule is CCNC(CCN1CCOCC1C)c1cccc(Br)c1. The van der Waals surface area contributed by atoms with Gasteiger partial charge in [0.1, 0.15) is 0 Å². The Morgan fingerprint density at radius 2 is 2.35 bits per heavy atom. The van der Waals surface area contributed by atoms with E-state index in [-0.39, 0.29) is 0 Å². The van der Waals surface area contributed by atoms with Gasteiger partial charge in [-0.05, 0) is 37.6 Å². The Balaban J connectivity index is 1.95. The molecule has 2 atom stereocenters. The summed E-state index contributed by atoms with van der Waals surface area (Å²) in [4.78, 5) is 2.53. The summed E-state index contributed by atoms with van der Waals surface area (Å²) >= 11 is 3.56. The van der Waals surface area contributed by atoms with Crippen molar-refractivity contribution in [2.24, 2.45) is 0 Å². The molecule has 20 heavy (non-hydrogen) atoms. The molecule has 1 N–H and O–H groups in total. The van der Waals surface area contributed by atoms with Crippen LogP contribution in [0.15, 0.2) is 28.7 Å². The van der Waals surface area contributed by atoms with Gasteiger partial charge in [-0.3, -0.25) is 4.90 Å². The Labute approximate surface area is 130 Å². The number of nitrogens with one attached hydrogen (secondary N) is 1. The van der Waals surface area contributed by atoms with Crippen molar-refractivity contribution in [3.05, 3.63) is 34.3 Å². The molecule has 2 unspecified atom stereocenters. The van der Waals surface area contributed by atoms with Gasteiger partial charge in [-0.1, -0.05) is 35.0 Å². The zero-order valence-corrected chi connectivity index (χ0v) is 14.0. The van der Waals surface area contributed by atoms with Crippen LogP contribution in [0.2, 0.25) is 0 Å². The van der Waals surface area contributed by atoms with E-state index in [1.165, 1.54) is 5.56 Å². The smallest absolute Gasteiger partial charge is 0.0619 e. The van der Waals surface area contributed by atoms with Crippen LogP contribution in [0.3, 0.4) is 0 Å². The van der Waals surface area contributed by atoms with Crippen molar-refractivity contribution in [2.75, 3.05) is 32.8 Å². The Hall–Kier alpha value is -0.420. The molecule has 2 rings (SSSR count). The van der Waals surface area contributed by atoms with Crippen molar-refractivity contribution in [3.8, 4) is 0 Å². The number of nitrogens with zero attached hydrogens (tertiary/aromatic N) is 1. The van der Waals surface area contributed by atoms with Crippen LogP contribution in [0, 0.1) is 0 Å². The minimum Gasteiger partial charge on any atom is -0.379 e. The number of halogens is 1. The lowest BCUT2D eigenvalue weighted by molar-refractivity contribution is -0.00180. The summed E-state index contributed by atoms with van der Waals surface area (Å²) in [6.07, 6.45) is 1.13. The Kier molecular flexibility index (Phi) is 6.49. The molecular weight excluding hydrogens is 316 g/mol. The maximum atomic E-state index is 5.50. The molecule has 4 heteroatoms. The molecule has 0 bridgehead atoms.